The van der Waals surface area contributed by atoms with Crippen molar-refractivity contribution in [3.63, 3.8) is 0 Å². The van der Waals surface area contributed by atoms with Gasteiger partial charge in [-0.2, -0.15) is 9.51 Å². The van der Waals surface area contributed by atoms with Crippen LogP contribution in [0.3, 0.4) is 0 Å². The average Bonchev–Trinajstić information content (AvgIpc) is 2.74. The molecule has 7 nitrogen and oxygen atoms in total. The highest BCUT2D eigenvalue weighted by molar-refractivity contribution is 7.80. The number of rotatable bonds is 4. The van der Waals surface area contributed by atoms with Gasteiger partial charge in [-0.25, -0.2) is 9.63 Å². The maximum absolute atomic E-state index is 11.4. The van der Waals surface area contributed by atoms with E-state index in [2.05, 4.69) is 22.5 Å². The van der Waals surface area contributed by atoms with Gasteiger partial charge in [0.25, 0.3) is 11.3 Å². The quantitative estimate of drug-likeness (QED) is 0.595. The first-order valence-electron chi connectivity index (χ1n) is 5.90. The van der Waals surface area contributed by atoms with Crippen molar-refractivity contribution in [2.24, 2.45) is 7.05 Å². The number of aromatic nitrogens is 2. The Morgan fingerprint density at radius 2 is 2.17 bits per heavy atom. The predicted molar refractivity (Wildman–Crippen MR) is 70.1 cm³/mol. The van der Waals surface area contributed by atoms with Crippen LogP contribution in [0, 0.1) is 0 Å². The van der Waals surface area contributed by atoms with Crippen molar-refractivity contribution in [2.75, 3.05) is 24.6 Å². The minimum absolute atomic E-state index is 0.220. The van der Waals surface area contributed by atoms with Crippen LogP contribution < -0.4 is 9.84 Å². The van der Waals surface area contributed by atoms with Crippen LogP contribution in [0.5, 0.6) is 0 Å². The first kappa shape index (κ1) is 13.5. The summed E-state index contributed by atoms with van der Waals surface area (Å²) in [6.07, 6.45) is 5.20. The molecular formula is C10H19N5O2S. The molecular weight excluding hydrogens is 254 g/mol. The molecule has 1 aromatic rings. The SMILES string of the molecule is CN1CCC(NN(c2cnn(C)c2)S(=O)O)CC1. The number of aryl methyl sites for hydroxylation is 1. The number of nitrogens with zero attached hydrogens (tertiary/aromatic N) is 4. The smallest absolute Gasteiger partial charge is 0.276 e. The zero-order valence-electron chi connectivity index (χ0n) is 10.6. The lowest BCUT2D eigenvalue weighted by Crippen LogP contribution is -2.50. The van der Waals surface area contributed by atoms with Gasteiger partial charge in [-0.15, -0.1) is 0 Å². The van der Waals surface area contributed by atoms with Gasteiger partial charge in [0.05, 0.1) is 12.4 Å². The molecule has 0 saturated carbocycles. The molecule has 102 valence electrons. The molecule has 2 heterocycles. The number of hydrogen-bond acceptors (Lipinski definition) is 4. The highest BCUT2D eigenvalue weighted by Gasteiger charge is 2.22. The molecule has 1 aliphatic rings. The highest BCUT2D eigenvalue weighted by atomic mass is 32.2. The molecule has 1 aliphatic heterocycles. The van der Waals surface area contributed by atoms with Crippen molar-refractivity contribution in [1.82, 2.24) is 20.1 Å². The first-order chi connectivity index (χ1) is 8.56. The summed E-state index contributed by atoms with van der Waals surface area (Å²) in [5.41, 5.74) is 3.70. The third kappa shape index (κ3) is 3.29. The molecule has 1 unspecified atom stereocenters. The van der Waals surface area contributed by atoms with E-state index in [1.165, 1.54) is 4.41 Å². The van der Waals surface area contributed by atoms with Crippen molar-refractivity contribution in [1.29, 1.82) is 0 Å². The van der Waals surface area contributed by atoms with Gasteiger partial charge in [-0.1, -0.05) is 0 Å². The largest absolute Gasteiger partial charge is 0.306 e. The number of hydrazine groups is 1. The second-order valence-corrected chi connectivity index (χ2v) is 5.43. The average molecular weight is 273 g/mol. The van der Waals surface area contributed by atoms with E-state index in [0.717, 1.165) is 25.9 Å². The second kappa shape index (κ2) is 5.79. The van der Waals surface area contributed by atoms with Gasteiger partial charge in [0.1, 0.15) is 5.69 Å². The maximum atomic E-state index is 11.4. The molecule has 0 spiro atoms. The number of hydrogen-bond donors (Lipinski definition) is 2. The van der Waals surface area contributed by atoms with Gasteiger partial charge in [0, 0.05) is 13.1 Å². The normalized spacial score (nSPS) is 19.9. The summed E-state index contributed by atoms with van der Waals surface area (Å²) in [7, 11) is 3.86. The molecule has 0 bridgehead atoms. The van der Waals surface area contributed by atoms with Gasteiger partial charge in [-0.05, 0) is 33.0 Å². The third-order valence-corrected chi connectivity index (χ3v) is 3.73. The summed E-state index contributed by atoms with van der Waals surface area (Å²) < 4.78 is 23.6. The summed E-state index contributed by atoms with van der Waals surface area (Å²) in [6, 6.07) is 0.220. The molecule has 8 heteroatoms. The molecule has 2 N–H and O–H groups in total. The molecule has 0 radical (unpaired) electrons. The lowest BCUT2D eigenvalue weighted by molar-refractivity contribution is 0.236. The van der Waals surface area contributed by atoms with Crippen LogP contribution in [0.1, 0.15) is 12.8 Å². The summed E-state index contributed by atoms with van der Waals surface area (Å²) in [5.74, 6) is 0. The summed E-state index contributed by atoms with van der Waals surface area (Å²) in [4.78, 5) is 2.25. The minimum Gasteiger partial charge on any atom is -0.306 e. The van der Waals surface area contributed by atoms with E-state index in [1.54, 1.807) is 24.1 Å². The van der Waals surface area contributed by atoms with Gasteiger partial charge < -0.3 is 4.90 Å². The van der Waals surface area contributed by atoms with Crippen LogP contribution >= 0.6 is 0 Å². The minimum atomic E-state index is -2.10. The lowest BCUT2D eigenvalue weighted by Gasteiger charge is -2.32. The van der Waals surface area contributed by atoms with Crippen LogP contribution in [0.25, 0.3) is 0 Å². The Kier molecular flexibility index (Phi) is 4.33. The molecule has 18 heavy (non-hydrogen) atoms. The van der Waals surface area contributed by atoms with Crippen LogP contribution in [0.4, 0.5) is 5.69 Å². The molecule has 1 saturated heterocycles. The Morgan fingerprint density at radius 1 is 1.50 bits per heavy atom. The Bertz CT molecular complexity index is 416. The summed E-state index contributed by atoms with van der Waals surface area (Å²) in [5, 5.41) is 4.01. The van der Waals surface area contributed by atoms with E-state index in [-0.39, 0.29) is 6.04 Å². The summed E-state index contributed by atoms with van der Waals surface area (Å²) in [6.45, 7) is 1.99. The molecule has 1 fully saturated rings. The topological polar surface area (TPSA) is 73.6 Å². The molecule has 2 rings (SSSR count). The molecule has 0 aliphatic carbocycles. The Balaban J connectivity index is 2.01. The van der Waals surface area contributed by atoms with E-state index in [1.807, 2.05) is 0 Å². The first-order valence-corrected chi connectivity index (χ1v) is 6.97. The van der Waals surface area contributed by atoms with Crippen molar-refractivity contribution < 1.29 is 8.76 Å². The van der Waals surface area contributed by atoms with Crippen molar-refractivity contribution >= 4 is 17.0 Å². The van der Waals surface area contributed by atoms with Crippen molar-refractivity contribution in [2.45, 2.75) is 18.9 Å². The van der Waals surface area contributed by atoms with Gasteiger partial charge in [0.15, 0.2) is 0 Å². The highest BCUT2D eigenvalue weighted by Crippen LogP contribution is 2.15. The van der Waals surface area contributed by atoms with Crippen LogP contribution in [-0.4, -0.2) is 49.6 Å². The second-order valence-electron chi connectivity index (χ2n) is 4.60. The number of anilines is 1. The Labute approximate surface area is 109 Å². The van der Waals surface area contributed by atoms with E-state index < -0.39 is 11.3 Å². The zero-order valence-corrected chi connectivity index (χ0v) is 11.4. The monoisotopic (exact) mass is 273 g/mol. The number of piperidine rings is 1. The van der Waals surface area contributed by atoms with Crippen molar-refractivity contribution in [3.05, 3.63) is 12.4 Å². The van der Waals surface area contributed by atoms with Crippen LogP contribution in [0.15, 0.2) is 12.4 Å². The summed E-state index contributed by atoms with van der Waals surface area (Å²) >= 11 is -2.10. The number of likely N-dealkylation sites (tertiary alicyclic amines) is 1. The maximum Gasteiger partial charge on any atom is 0.276 e. The van der Waals surface area contributed by atoms with Gasteiger partial charge >= 0.3 is 0 Å². The van der Waals surface area contributed by atoms with E-state index in [9.17, 15) is 8.76 Å². The molecule has 0 aromatic carbocycles. The van der Waals surface area contributed by atoms with Gasteiger partial charge in [0.2, 0.25) is 0 Å². The third-order valence-electron chi connectivity index (χ3n) is 3.10. The van der Waals surface area contributed by atoms with Crippen LogP contribution in [-0.2, 0) is 18.3 Å². The van der Waals surface area contributed by atoms with Crippen molar-refractivity contribution in [3.8, 4) is 0 Å². The fraction of sp³-hybridized carbons (Fsp3) is 0.700. The predicted octanol–water partition coefficient (Wildman–Crippen LogP) is -0.0380. The fourth-order valence-electron chi connectivity index (χ4n) is 2.03. The Morgan fingerprint density at radius 3 is 2.67 bits per heavy atom. The van der Waals surface area contributed by atoms with E-state index in [0.29, 0.717) is 5.69 Å². The van der Waals surface area contributed by atoms with E-state index >= 15 is 0 Å². The fourth-order valence-corrected chi connectivity index (χ4v) is 2.54. The zero-order chi connectivity index (χ0) is 13.1. The lowest BCUT2D eigenvalue weighted by atomic mass is 10.1. The standard InChI is InChI=1S/C10H19N5O2S/c1-13-5-3-9(4-6-13)12-15(18(16)17)10-7-11-14(2)8-10/h7-9,12H,3-6H2,1-2H3,(H,16,17). The molecule has 0 amide bonds. The number of nitrogens with one attached hydrogen (secondary N) is 1. The van der Waals surface area contributed by atoms with Crippen LogP contribution in [0.2, 0.25) is 0 Å². The Hall–Kier alpha value is -0.960. The molecule has 1 aromatic heterocycles. The van der Waals surface area contributed by atoms with Gasteiger partial charge in [-0.3, -0.25) is 9.23 Å². The molecule has 1 atom stereocenters. The van der Waals surface area contributed by atoms with E-state index in [4.69, 9.17) is 0 Å².